The first-order valence-corrected chi connectivity index (χ1v) is 9.42. The number of rotatable bonds is 4. The molecule has 8 nitrogen and oxygen atoms in total. The van der Waals surface area contributed by atoms with Gasteiger partial charge in [-0.2, -0.15) is 0 Å². The van der Waals surface area contributed by atoms with E-state index in [9.17, 15) is 14.4 Å². The van der Waals surface area contributed by atoms with Crippen molar-refractivity contribution in [1.82, 2.24) is 14.4 Å². The Labute approximate surface area is 163 Å². The van der Waals surface area contributed by atoms with Crippen molar-refractivity contribution in [3.63, 3.8) is 0 Å². The molecule has 0 bridgehead atoms. The van der Waals surface area contributed by atoms with E-state index in [0.29, 0.717) is 50.5 Å². The third-order valence-electron chi connectivity index (χ3n) is 4.95. The summed E-state index contributed by atoms with van der Waals surface area (Å²) < 4.78 is 12.1. The Balaban J connectivity index is 1.89. The summed E-state index contributed by atoms with van der Waals surface area (Å²) in [5.74, 6) is 0.250. The van der Waals surface area contributed by atoms with Crippen LogP contribution in [0.4, 0.5) is 4.79 Å². The fourth-order valence-electron chi connectivity index (χ4n) is 3.39. The largest absolute Gasteiger partial charge is 0.497 e. The van der Waals surface area contributed by atoms with E-state index in [2.05, 4.69) is 0 Å². The molecule has 0 saturated carbocycles. The highest BCUT2D eigenvalue weighted by Gasteiger charge is 2.27. The van der Waals surface area contributed by atoms with Crippen molar-refractivity contribution in [2.45, 2.75) is 20.4 Å². The number of methoxy groups -OCH3 is 1. The lowest BCUT2D eigenvalue weighted by Crippen LogP contribution is -2.51. The number of carbonyl (C=O) groups is 2. The van der Waals surface area contributed by atoms with Gasteiger partial charge in [0, 0.05) is 38.9 Å². The number of carbonyl (C=O) groups excluding carboxylic acids is 2. The molecule has 1 aromatic heterocycles. The van der Waals surface area contributed by atoms with Crippen LogP contribution >= 0.6 is 0 Å². The van der Waals surface area contributed by atoms with Crippen LogP contribution in [-0.2, 0) is 11.3 Å². The zero-order chi connectivity index (χ0) is 20.3. The Morgan fingerprint density at radius 2 is 1.75 bits per heavy atom. The molecule has 1 aliphatic heterocycles. The molecular formula is C20H25N3O5. The summed E-state index contributed by atoms with van der Waals surface area (Å²) in [6.07, 6.45) is 1.25. The number of piperazine rings is 1. The van der Waals surface area contributed by atoms with Crippen LogP contribution in [0.15, 0.2) is 29.2 Å². The van der Waals surface area contributed by atoms with E-state index in [1.165, 1.54) is 7.11 Å². The Hall–Kier alpha value is -3.03. The SMILES string of the molecule is CCOC(=O)N1CCN(C(=O)c2cn(CC)c3ccc(OC)cc3c2=O)CC1. The maximum absolute atomic E-state index is 13.0. The van der Waals surface area contributed by atoms with Gasteiger partial charge in [-0.3, -0.25) is 9.59 Å². The van der Waals surface area contributed by atoms with Gasteiger partial charge in [-0.15, -0.1) is 0 Å². The highest BCUT2D eigenvalue weighted by molar-refractivity contribution is 5.97. The zero-order valence-electron chi connectivity index (χ0n) is 16.4. The molecule has 1 aromatic carbocycles. The number of amides is 2. The van der Waals surface area contributed by atoms with Gasteiger partial charge in [-0.1, -0.05) is 0 Å². The van der Waals surface area contributed by atoms with Crippen molar-refractivity contribution in [2.24, 2.45) is 0 Å². The van der Waals surface area contributed by atoms with Crippen molar-refractivity contribution < 1.29 is 19.1 Å². The van der Waals surface area contributed by atoms with Crippen LogP contribution in [0.1, 0.15) is 24.2 Å². The number of hydrogen-bond donors (Lipinski definition) is 0. The molecule has 2 amide bonds. The van der Waals surface area contributed by atoms with Gasteiger partial charge in [0.05, 0.1) is 24.6 Å². The quantitative estimate of drug-likeness (QED) is 0.801. The molecule has 0 radical (unpaired) electrons. The molecule has 0 unspecified atom stereocenters. The van der Waals surface area contributed by atoms with Crippen LogP contribution in [0, 0.1) is 0 Å². The molecule has 150 valence electrons. The number of ether oxygens (including phenoxy) is 2. The van der Waals surface area contributed by atoms with Crippen molar-refractivity contribution >= 4 is 22.9 Å². The minimum Gasteiger partial charge on any atom is -0.497 e. The number of benzene rings is 1. The molecule has 0 N–H and O–H groups in total. The number of aromatic nitrogens is 1. The molecule has 1 saturated heterocycles. The second kappa shape index (κ2) is 8.33. The first-order chi connectivity index (χ1) is 13.5. The van der Waals surface area contributed by atoms with Crippen molar-refractivity contribution in [1.29, 1.82) is 0 Å². The van der Waals surface area contributed by atoms with Gasteiger partial charge in [0.2, 0.25) is 5.43 Å². The van der Waals surface area contributed by atoms with Crippen LogP contribution in [-0.4, -0.2) is 66.3 Å². The van der Waals surface area contributed by atoms with Gasteiger partial charge in [-0.05, 0) is 32.0 Å². The molecule has 1 aliphatic rings. The van der Waals surface area contributed by atoms with E-state index in [1.54, 1.807) is 35.1 Å². The second-order valence-corrected chi connectivity index (χ2v) is 6.52. The van der Waals surface area contributed by atoms with Gasteiger partial charge in [-0.25, -0.2) is 4.79 Å². The lowest BCUT2D eigenvalue weighted by atomic mass is 10.1. The molecular weight excluding hydrogens is 362 g/mol. The average Bonchev–Trinajstić information content (AvgIpc) is 2.73. The first-order valence-electron chi connectivity index (χ1n) is 9.42. The Bertz CT molecular complexity index is 945. The average molecular weight is 387 g/mol. The summed E-state index contributed by atoms with van der Waals surface area (Å²) in [6, 6.07) is 5.29. The minimum atomic E-state index is -0.374. The molecule has 28 heavy (non-hydrogen) atoms. The number of nitrogens with zero attached hydrogens (tertiary/aromatic N) is 3. The first kappa shape index (κ1) is 19.7. The van der Waals surface area contributed by atoms with Crippen molar-refractivity contribution in [3.05, 3.63) is 40.2 Å². The van der Waals surface area contributed by atoms with Crippen molar-refractivity contribution in [3.8, 4) is 5.75 Å². The van der Waals surface area contributed by atoms with E-state index in [4.69, 9.17) is 9.47 Å². The molecule has 0 aliphatic carbocycles. The number of pyridine rings is 1. The lowest BCUT2D eigenvalue weighted by molar-refractivity contribution is 0.0569. The summed E-state index contributed by atoms with van der Waals surface area (Å²) in [7, 11) is 1.54. The van der Waals surface area contributed by atoms with E-state index >= 15 is 0 Å². The fourth-order valence-corrected chi connectivity index (χ4v) is 3.39. The van der Waals surface area contributed by atoms with Gasteiger partial charge in [0.25, 0.3) is 5.91 Å². The minimum absolute atomic E-state index is 0.132. The van der Waals surface area contributed by atoms with E-state index < -0.39 is 0 Å². The number of hydrogen-bond acceptors (Lipinski definition) is 5. The van der Waals surface area contributed by atoms with Crippen LogP contribution < -0.4 is 10.2 Å². The third-order valence-corrected chi connectivity index (χ3v) is 4.95. The van der Waals surface area contributed by atoms with Gasteiger partial charge in [0.15, 0.2) is 0 Å². The monoisotopic (exact) mass is 387 g/mol. The zero-order valence-corrected chi connectivity index (χ0v) is 16.4. The van der Waals surface area contributed by atoms with Crippen LogP contribution in [0.5, 0.6) is 5.75 Å². The van der Waals surface area contributed by atoms with Gasteiger partial charge in [0.1, 0.15) is 11.3 Å². The molecule has 8 heteroatoms. The third kappa shape index (κ3) is 3.67. The number of fused-ring (bicyclic) bond motifs is 1. The van der Waals surface area contributed by atoms with Gasteiger partial charge >= 0.3 is 6.09 Å². The van der Waals surface area contributed by atoms with Crippen molar-refractivity contribution in [2.75, 3.05) is 39.9 Å². The highest BCUT2D eigenvalue weighted by atomic mass is 16.6. The molecule has 2 heterocycles. The highest BCUT2D eigenvalue weighted by Crippen LogP contribution is 2.20. The fraction of sp³-hybridized carbons (Fsp3) is 0.450. The summed E-state index contributed by atoms with van der Waals surface area (Å²) >= 11 is 0. The molecule has 1 fully saturated rings. The van der Waals surface area contributed by atoms with E-state index in [1.807, 2.05) is 17.6 Å². The van der Waals surface area contributed by atoms with Gasteiger partial charge < -0.3 is 23.8 Å². The van der Waals surface area contributed by atoms with E-state index in [-0.39, 0.29) is 23.0 Å². The topological polar surface area (TPSA) is 81.1 Å². The predicted octanol–water partition coefficient (Wildman–Crippen LogP) is 1.94. The summed E-state index contributed by atoms with van der Waals surface area (Å²) in [5, 5.41) is 0.456. The van der Waals surface area contributed by atoms with Crippen LogP contribution in [0.3, 0.4) is 0 Å². The smallest absolute Gasteiger partial charge is 0.409 e. The standard InChI is InChI=1S/C20H25N3O5/c1-4-21-13-16(18(24)15-12-14(27-3)6-7-17(15)21)19(25)22-8-10-23(11-9-22)20(26)28-5-2/h6-7,12-13H,4-5,8-11H2,1-3H3. The normalized spacial score (nSPS) is 14.2. The lowest BCUT2D eigenvalue weighted by Gasteiger charge is -2.34. The molecule has 3 rings (SSSR count). The Kier molecular flexibility index (Phi) is 5.87. The van der Waals surface area contributed by atoms with E-state index in [0.717, 1.165) is 5.52 Å². The Morgan fingerprint density at radius 3 is 2.36 bits per heavy atom. The maximum atomic E-state index is 13.0. The molecule has 0 spiro atoms. The predicted molar refractivity (Wildman–Crippen MR) is 105 cm³/mol. The molecule has 2 aromatic rings. The number of aryl methyl sites for hydroxylation is 1. The molecule has 0 atom stereocenters. The summed E-state index contributed by atoms with van der Waals surface area (Å²) in [6.45, 7) is 6.14. The maximum Gasteiger partial charge on any atom is 0.409 e. The summed E-state index contributed by atoms with van der Waals surface area (Å²) in [5.41, 5.74) is 0.584. The van der Waals surface area contributed by atoms with Crippen LogP contribution in [0.25, 0.3) is 10.9 Å². The Morgan fingerprint density at radius 1 is 1.07 bits per heavy atom. The van der Waals surface area contributed by atoms with Crippen LogP contribution in [0.2, 0.25) is 0 Å². The summed E-state index contributed by atoms with van der Waals surface area (Å²) in [4.78, 5) is 41.0. The second-order valence-electron chi connectivity index (χ2n) is 6.52.